The molecule has 1 N–H and O–H groups in total. The van der Waals surface area contributed by atoms with Gasteiger partial charge in [0.15, 0.2) is 5.82 Å². The van der Waals surface area contributed by atoms with Gasteiger partial charge < -0.3 is 19.5 Å². The van der Waals surface area contributed by atoms with Crippen LogP contribution in [0.1, 0.15) is 12.1 Å². The number of benzene rings is 1. The number of likely N-dealkylation sites (N-methyl/N-ethyl adjacent to an activating group) is 1. The topological polar surface area (TPSA) is 91.4 Å². The van der Waals surface area contributed by atoms with Gasteiger partial charge >= 0.3 is 0 Å². The summed E-state index contributed by atoms with van der Waals surface area (Å²) < 4.78 is 5.50. The summed E-state index contributed by atoms with van der Waals surface area (Å²) in [6.45, 7) is 7.20. The van der Waals surface area contributed by atoms with Gasteiger partial charge in [0.1, 0.15) is 18.1 Å². The van der Waals surface area contributed by atoms with Gasteiger partial charge in [0, 0.05) is 44.6 Å². The number of nitrogens with one attached hydrogen (secondary N) is 1. The van der Waals surface area contributed by atoms with Crippen molar-refractivity contribution in [3.05, 3.63) is 53.0 Å². The average Bonchev–Trinajstić information content (AvgIpc) is 2.72. The highest BCUT2D eigenvalue weighted by molar-refractivity contribution is 5.76. The van der Waals surface area contributed by atoms with E-state index in [1.54, 1.807) is 12.1 Å². The number of aromatic nitrogens is 3. The number of ether oxygens (including phenoxy) is 1. The van der Waals surface area contributed by atoms with Crippen molar-refractivity contribution in [2.24, 2.45) is 0 Å². The first kappa shape index (κ1) is 19.8. The molecule has 1 aliphatic heterocycles. The molecular formula is C20H25N5O3. The Balaban J connectivity index is 1.63. The number of aromatic amines is 1. The number of piperazine rings is 1. The number of amides is 1. The molecule has 3 rings (SSSR count). The molecule has 0 saturated carbocycles. The van der Waals surface area contributed by atoms with E-state index in [0.717, 1.165) is 26.2 Å². The molecule has 0 bridgehead atoms. The average molecular weight is 383 g/mol. The smallest absolute Gasteiger partial charge is 0.273 e. The fraction of sp³-hybridized carbons (Fsp3) is 0.400. The highest BCUT2D eigenvalue weighted by Crippen LogP contribution is 2.20. The molecule has 0 aliphatic carbocycles. The Hall–Kier alpha value is -3.00. The van der Waals surface area contributed by atoms with Crippen LogP contribution in [0, 0.1) is 0 Å². The fourth-order valence-electron chi connectivity index (χ4n) is 2.98. The first-order valence-electron chi connectivity index (χ1n) is 9.33. The minimum absolute atomic E-state index is 0.0467. The molecular weight excluding hydrogens is 358 g/mol. The van der Waals surface area contributed by atoms with Crippen LogP contribution in [0.4, 0.5) is 0 Å². The number of hydrogen-bond acceptors (Lipinski definition) is 6. The largest absolute Gasteiger partial charge is 0.490 e. The molecule has 2 aromatic rings. The molecule has 8 nitrogen and oxygen atoms in total. The van der Waals surface area contributed by atoms with Crippen LogP contribution in [0.3, 0.4) is 0 Å². The van der Waals surface area contributed by atoms with Gasteiger partial charge in [-0.25, -0.2) is 0 Å². The van der Waals surface area contributed by atoms with Gasteiger partial charge in [-0.3, -0.25) is 9.59 Å². The van der Waals surface area contributed by atoms with Crippen molar-refractivity contribution in [1.29, 1.82) is 0 Å². The molecule has 1 amide bonds. The van der Waals surface area contributed by atoms with Gasteiger partial charge in [0.05, 0.1) is 0 Å². The van der Waals surface area contributed by atoms with Crippen molar-refractivity contribution in [2.75, 3.05) is 39.8 Å². The number of H-pyrrole nitrogens is 1. The van der Waals surface area contributed by atoms with Crippen LogP contribution in [0.2, 0.25) is 0 Å². The summed E-state index contributed by atoms with van der Waals surface area (Å²) in [5.41, 5.74) is 0.644. The molecule has 2 heterocycles. The van der Waals surface area contributed by atoms with Crippen molar-refractivity contribution in [3.63, 3.8) is 0 Å². The third kappa shape index (κ3) is 5.04. The molecule has 1 fully saturated rings. The number of carbonyl (C=O) groups excluding carboxylic acids is 1. The van der Waals surface area contributed by atoms with E-state index in [1.165, 1.54) is 0 Å². The Labute approximate surface area is 163 Å². The van der Waals surface area contributed by atoms with Crippen LogP contribution in [0.15, 0.2) is 41.7 Å². The monoisotopic (exact) mass is 383 g/mol. The third-order valence-corrected chi connectivity index (χ3v) is 4.67. The van der Waals surface area contributed by atoms with Crippen molar-refractivity contribution in [3.8, 4) is 17.1 Å². The van der Waals surface area contributed by atoms with Gasteiger partial charge in [-0.1, -0.05) is 24.8 Å². The molecule has 1 aliphatic rings. The molecule has 0 unspecified atom stereocenters. The predicted octanol–water partition coefficient (Wildman–Crippen LogP) is 1.10. The van der Waals surface area contributed by atoms with E-state index in [4.69, 9.17) is 4.74 Å². The molecule has 0 radical (unpaired) electrons. The van der Waals surface area contributed by atoms with Crippen molar-refractivity contribution in [2.45, 2.75) is 12.8 Å². The van der Waals surface area contributed by atoms with Gasteiger partial charge in [-0.05, 0) is 19.2 Å². The van der Waals surface area contributed by atoms with Crippen LogP contribution in [-0.2, 0) is 11.2 Å². The van der Waals surface area contributed by atoms with E-state index < -0.39 is 0 Å². The number of rotatable bonds is 7. The summed E-state index contributed by atoms with van der Waals surface area (Å²) in [7, 11) is 2.04. The van der Waals surface area contributed by atoms with Crippen LogP contribution >= 0.6 is 0 Å². The maximum atomic E-state index is 12.4. The highest BCUT2D eigenvalue weighted by atomic mass is 16.5. The van der Waals surface area contributed by atoms with Gasteiger partial charge in [0.25, 0.3) is 5.56 Å². The van der Waals surface area contributed by atoms with Crippen LogP contribution < -0.4 is 10.3 Å². The summed E-state index contributed by atoms with van der Waals surface area (Å²) in [4.78, 5) is 31.5. The molecule has 0 atom stereocenters. The molecule has 0 spiro atoms. The Morgan fingerprint density at radius 3 is 2.79 bits per heavy atom. The maximum Gasteiger partial charge on any atom is 0.273 e. The SMILES string of the molecule is C=CCOc1cccc(-c2nnc(CCC(=O)N3CCN(C)CC3)c(=O)[nH]2)c1. The summed E-state index contributed by atoms with van der Waals surface area (Å²) in [6, 6.07) is 7.23. The zero-order valence-electron chi connectivity index (χ0n) is 16.1. The molecule has 1 saturated heterocycles. The minimum Gasteiger partial charge on any atom is -0.490 e. The van der Waals surface area contributed by atoms with Crippen molar-refractivity contribution >= 4 is 5.91 Å². The van der Waals surface area contributed by atoms with E-state index in [1.807, 2.05) is 30.1 Å². The van der Waals surface area contributed by atoms with Crippen LogP contribution in [-0.4, -0.2) is 70.7 Å². The Bertz CT molecular complexity index is 887. The van der Waals surface area contributed by atoms with Gasteiger partial charge in [0.2, 0.25) is 5.91 Å². The summed E-state index contributed by atoms with van der Waals surface area (Å²) in [6.07, 6.45) is 2.19. The highest BCUT2D eigenvalue weighted by Gasteiger charge is 2.19. The van der Waals surface area contributed by atoms with E-state index in [2.05, 4.69) is 26.7 Å². The lowest BCUT2D eigenvalue weighted by atomic mass is 10.2. The number of aryl methyl sites for hydroxylation is 1. The van der Waals surface area contributed by atoms with E-state index in [0.29, 0.717) is 23.7 Å². The quantitative estimate of drug-likeness (QED) is 0.720. The lowest BCUT2D eigenvalue weighted by Gasteiger charge is -2.32. The summed E-state index contributed by atoms with van der Waals surface area (Å²) in [5, 5.41) is 8.16. The molecule has 8 heteroatoms. The third-order valence-electron chi connectivity index (χ3n) is 4.67. The van der Waals surface area contributed by atoms with Gasteiger partial charge in [-0.2, -0.15) is 0 Å². The Morgan fingerprint density at radius 2 is 2.07 bits per heavy atom. The second kappa shape index (κ2) is 9.27. The minimum atomic E-state index is -0.325. The standard InChI is InChI=1S/C20H25N5O3/c1-3-13-28-16-6-4-5-15(14-16)19-21-20(27)17(22-23-19)7-8-18(26)25-11-9-24(2)10-12-25/h3-6,14H,1,7-13H2,2H3,(H,21,23,27). The first-order valence-corrected chi connectivity index (χ1v) is 9.33. The fourth-order valence-corrected chi connectivity index (χ4v) is 2.98. The number of nitrogens with zero attached hydrogens (tertiary/aromatic N) is 4. The molecule has 148 valence electrons. The summed E-state index contributed by atoms with van der Waals surface area (Å²) >= 11 is 0. The van der Waals surface area contributed by atoms with E-state index in [9.17, 15) is 9.59 Å². The Kier molecular flexibility index (Phi) is 6.54. The van der Waals surface area contributed by atoms with E-state index in [-0.39, 0.29) is 30.0 Å². The number of hydrogen-bond donors (Lipinski definition) is 1. The Morgan fingerprint density at radius 1 is 1.29 bits per heavy atom. The van der Waals surface area contributed by atoms with E-state index >= 15 is 0 Å². The maximum absolute atomic E-state index is 12.4. The summed E-state index contributed by atoms with van der Waals surface area (Å²) in [5.74, 6) is 1.07. The lowest BCUT2D eigenvalue weighted by molar-refractivity contribution is -0.132. The van der Waals surface area contributed by atoms with Gasteiger partial charge in [-0.15, -0.1) is 10.2 Å². The predicted molar refractivity (Wildman–Crippen MR) is 106 cm³/mol. The lowest BCUT2D eigenvalue weighted by Crippen LogP contribution is -2.47. The normalized spacial score (nSPS) is 14.7. The zero-order chi connectivity index (χ0) is 19.9. The van der Waals surface area contributed by atoms with Crippen LogP contribution in [0.5, 0.6) is 5.75 Å². The van der Waals surface area contributed by atoms with Crippen molar-refractivity contribution in [1.82, 2.24) is 25.0 Å². The second-order valence-corrected chi connectivity index (χ2v) is 6.76. The molecule has 28 heavy (non-hydrogen) atoms. The first-order chi connectivity index (χ1) is 13.6. The number of carbonyl (C=O) groups is 1. The second-order valence-electron chi connectivity index (χ2n) is 6.76. The zero-order valence-corrected chi connectivity index (χ0v) is 16.1. The van der Waals surface area contributed by atoms with Crippen molar-refractivity contribution < 1.29 is 9.53 Å². The molecule has 1 aromatic carbocycles. The van der Waals surface area contributed by atoms with Crippen LogP contribution in [0.25, 0.3) is 11.4 Å². The molecule has 1 aromatic heterocycles.